The molecule has 0 unspecified atom stereocenters. The van der Waals surface area contributed by atoms with Crippen molar-refractivity contribution in [2.24, 2.45) is 0 Å². The summed E-state index contributed by atoms with van der Waals surface area (Å²) >= 11 is 0. The zero-order valence-corrected chi connectivity index (χ0v) is 32.6. The fourth-order valence-electron chi connectivity index (χ4n) is 8.29. The molecule has 0 aliphatic carbocycles. The minimum atomic E-state index is 0.199. The third kappa shape index (κ3) is 6.59. The summed E-state index contributed by atoms with van der Waals surface area (Å²) in [6.45, 7) is 7.12. The van der Waals surface area contributed by atoms with Crippen LogP contribution in [0.2, 0.25) is 0 Å². The van der Waals surface area contributed by atoms with Gasteiger partial charge in [0.2, 0.25) is 0 Å². The smallest absolute Gasteiger partial charge is 0.150 e. The molecule has 0 saturated heterocycles. The molecule has 0 amide bonds. The van der Waals surface area contributed by atoms with Gasteiger partial charge < -0.3 is 19.9 Å². The van der Waals surface area contributed by atoms with Crippen LogP contribution in [-0.2, 0) is 6.61 Å². The number of hydrogen-bond donors (Lipinski definition) is 1. The minimum absolute atomic E-state index is 0.199. The number of ether oxygens (including phenoxy) is 1. The average Bonchev–Trinajstić information content (AvgIpc) is 3.60. The lowest BCUT2D eigenvalue weighted by Gasteiger charge is -2.30. The Balaban J connectivity index is 1.29. The maximum Gasteiger partial charge on any atom is 0.150 e. The number of nitrogen functional groups attached to an aromatic ring is 1. The van der Waals surface area contributed by atoms with Crippen LogP contribution in [-0.4, -0.2) is 4.57 Å². The van der Waals surface area contributed by atoms with E-state index in [1.54, 1.807) is 0 Å². The largest absolute Gasteiger partial charge is 0.486 e. The predicted octanol–water partition coefficient (Wildman–Crippen LogP) is 14.2. The normalized spacial score (nSPS) is 11.4. The SMILES string of the molecule is Cc1ccc(N)c(OCc2ccccc2)c1-c1ccc(N(c2ccccc2-c2ccccc2)c2cccc3c2c2ccccc2n3-c2ccccc2)cc1C(C)C. The molecule has 0 fully saturated rings. The van der Waals surface area contributed by atoms with Crippen molar-refractivity contribution in [1.82, 2.24) is 4.57 Å². The monoisotopic (exact) mass is 739 g/mol. The first kappa shape index (κ1) is 35.6. The molecule has 1 aromatic heterocycles. The highest BCUT2D eigenvalue weighted by Crippen LogP contribution is 2.49. The molecule has 0 radical (unpaired) electrons. The summed E-state index contributed by atoms with van der Waals surface area (Å²) in [5.74, 6) is 0.919. The molecule has 9 rings (SSSR count). The van der Waals surface area contributed by atoms with E-state index in [-0.39, 0.29) is 5.92 Å². The summed E-state index contributed by atoms with van der Waals surface area (Å²) in [7, 11) is 0. The fraction of sp³-hybridized carbons (Fsp3) is 0.0943. The molecule has 4 heteroatoms. The highest BCUT2D eigenvalue weighted by atomic mass is 16.5. The molecular formula is C53H45N3O. The maximum absolute atomic E-state index is 6.73. The number of aromatic nitrogens is 1. The number of anilines is 4. The second-order valence-corrected chi connectivity index (χ2v) is 15.0. The van der Waals surface area contributed by atoms with Gasteiger partial charge in [0.1, 0.15) is 6.61 Å². The van der Waals surface area contributed by atoms with Crippen LogP contribution >= 0.6 is 0 Å². The molecular weight excluding hydrogens is 695 g/mol. The third-order valence-electron chi connectivity index (χ3n) is 11.0. The average molecular weight is 740 g/mol. The Labute approximate surface area is 335 Å². The number of nitrogens with two attached hydrogens (primary N) is 1. The van der Waals surface area contributed by atoms with E-state index in [1.165, 1.54) is 21.9 Å². The molecule has 0 bridgehead atoms. The topological polar surface area (TPSA) is 43.4 Å². The zero-order chi connectivity index (χ0) is 38.9. The van der Waals surface area contributed by atoms with E-state index in [9.17, 15) is 0 Å². The first-order chi connectivity index (χ1) is 28.0. The van der Waals surface area contributed by atoms with Gasteiger partial charge in [-0.05, 0) is 95.3 Å². The van der Waals surface area contributed by atoms with Crippen LogP contribution in [0.25, 0.3) is 49.7 Å². The molecule has 0 atom stereocenters. The Bertz CT molecular complexity index is 2840. The molecule has 0 spiro atoms. The summed E-state index contributed by atoms with van der Waals surface area (Å²) in [5, 5.41) is 2.39. The van der Waals surface area contributed by atoms with Gasteiger partial charge in [0.25, 0.3) is 0 Å². The Hall–Kier alpha value is -7.04. The molecule has 9 aromatic rings. The van der Waals surface area contributed by atoms with Gasteiger partial charge in [-0.25, -0.2) is 0 Å². The van der Waals surface area contributed by atoms with Crippen molar-refractivity contribution in [3.63, 3.8) is 0 Å². The summed E-state index contributed by atoms with van der Waals surface area (Å²) in [5.41, 5.74) is 22.0. The number of aryl methyl sites for hydroxylation is 1. The summed E-state index contributed by atoms with van der Waals surface area (Å²) in [4.78, 5) is 2.46. The number of fused-ring (bicyclic) bond motifs is 3. The Morgan fingerprint density at radius 2 is 1.25 bits per heavy atom. The highest BCUT2D eigenvalue weighted by Gasteiger charge is 2.25. The molecule has 278 valence electrons. The van der Waals surface area contributed by atoms with Crippen molar-refractivity contribution >= 4 is 44.6 Å². The lowest BCUT2D eigenvalue weighted by Crippen LogP contribution is -2.13. The van der Waals surface area contributed by atoms with Gasteiger partial charge in [0, 0.05) is 33.3 Å². The van der Waals surface area contributed by atoms with Crippen LogP contribution in [0.4, 0.5) is 22.7 Å². The molecule has 1 heterocycles. The molecule has 4 nitrogen and oxygen atoms in total. The summed E-state index contributed by atoms with van der Waals surface area (Å²) < 4.78 is 8.98. The van der Waals surface area contributed by atoms with E-state index in [0.29, 0.717) is 12.3 Å². The van der Waals surface area contributed by atoms with Gasteiger partial charge in [0.05, 0.1) is 28.1 Å². The Morgan fingerprint density at radius 1 is 0.596 bits per heavy atom. The van der Waals surface area contributed by atoms with E-state index in [0.717, 1.165) is 67.4 Å². The fourth-order valence-corrected chi connectivity index (χ4v) is 8.29. The Kier molecular flexibility index (Phi) is 9.53. The van der Waals surface area contributed by atoms with E-state index < -0.39 is 0 Å². The number of nitrogens with zero attached hydrogens (tertiary/aromatic N) is 2. The van der Waals surface area contributed by atoms with E-state index in [2.05, 4.69) is 194 Å². The van der Waals surface area contributed by atoms with Crippen molar-refractivity contribution in [2.45, 2.75) is 33.3 Å². The van der Waals surface area contributed by atoms with E-state index in [1.807, 2.05) is 24.3 Å². The summed E-state index contributed by atoms with van der Waals surface area (Å²) in [6.07, 6.45) is 0. The number of hydrogen-bond acceptors (Lipinski definition) is 3. The van der Waals surface area contributed by atoms with Crippen molar-refractivity contribution < 1.29 is 4.74 Å². The van der Waals surface area contributed by atoms with Gasteiger partial charge in [-0.15, -0.1) is 0 Å². The second kappa shape index (κ2) is 15.2. The minimum Gasteiger partial charge on any atom is -0.486 e. The summed E-state index contributed by atoms with van der Waals surface area (Å²) in [6, 6.07) is 66.8. The maximum atomic E-state index is 6.73. The van der Waals surface area contributed by atoms with Crippen molar-refractivity contribution in [1.29, 1.82) is 0 Å². The highest BCUT2D eigenvalue weighted by molar-refractivity contribution is 6.17. The molecule has 0 aliphatic rings. The van der Waals surface area contributed by atoms with Crippen LogP contribution in [0.3, 0.4) is 0 Å². The predicted molar refractivity (Wildman–Crippen MR) is 240 cm³/mol. The van der Waals surface area contributed by atoms with E-state index in [4.69, 9.17) is 10.5 Å². The molecule has 8 aromatic carbocycles. The molecule has 0 aliphatic heterocycles. The first-order valence-corrected chi connectivity index (χ1v) is 19.7. The number of rotatable bonds is 10. The van der Waals surface area contributed by atoms with Crippen LogP contribution in [0.15, 0.2) is 188 Å². The lowest BCUT2D eigenvalue weighted by molar-refractivity contribution is 0.309. The molecule has 0 saturated carbocycles. The van der Waals surface area contributed by atoms with Crippen LogP contribution in [0, 0.1) is 6.92 Å². The van der Waals surface area contributed by atoms with E-state index >= 15 is 0 Å². The van der Waals surface area contributed by atoms with Gasteiger partial charge in [-0.3, -0.25) is 0 Å². The second-order valence-electron chi connectivity index (χ2n) is 15.0. The first-order valence-electron chi connectivity index (χ1n) is 19.7. The zero-order valence-electron chi connectivity index (χ0n) is 32.6. The van der Waals surface area contributed by atoms with Gasteiger partial charge in [0.15, 0.2) is 5.75 Å². The number of benzene rings is 8. The Morgan fingerprint density at radius 3 is 2.02 bits per heavy atom. The van der Waals surface area contributed by atoms with Crippen molar-refractivity contribution in [3.05, 3.63) is 205 Å². The van der Waals surface area contributed by atoms with Gasteiger partial charge in [-0.1, -0.05) is 147 Å². The third-order valence-corrected chi connectivity index (χ3v) is 11.0. The standard InChI is InChI=1S/C53H45N3O/c1-36(2)45-34-41(31-32-43(45)51-37(3)30-33-46(54)53(51)57-35-38-18-7-4-8-19-38)56(47-26-15-13-24-42(47)39-20-9-5-10-21-39)50-29-17-28-49-52(50)44-25-14-16-27-48(44)55(49)40-22-11-6-12-23-40/h4-34,36H,35,54H2,1-3H3. The van der Waals surface area contributed by atoms with Crippen molar-refractivity contribution in [2.75, 3.05) is 10.6 Å². The van der Waals surface area contributed by atoms with Crippen LogP contribution < -0.4 is 15.4 Å². The lowest BCUT2D eigenvalue weighted by atomic mass is 9.88. The molecule has 2 N–H and O–H groups in total. The quantitative estimate of drug-likeness (QED) is 0.142. The van der Waals surface area contributed by atoms with Gasteiger partial charge >= 0.3 is 0 Å². The number of para-hydroxylation sites is 3. The van der Waals surface area contributed by atoms with Crippen LogP contribution in [0.1, 0.15) is 36.5 Å². The van der Waals surface area contributed by atoms with Crippen molar-refractivity contribution in [3.8, 4) is 33.7 Å². The molecule has 57 heavy (non-hydrogen) atoms. The van der Waals surface area contributed by atoms with Crippen LogP contribution in [0.5, 0.6) is 5.75 Å². The van der Waals surface area contributed by atoms with Gasteiger partial charge in [-0.2, -0.15) is 0 Å².